The molecule has 0 saturated heterocycles. The molecule has 0 fully saturated rings. The van der Waals surface area contributed by atoms with Crippen molar-refractivity contribution in [2.75, 3.05) is 5.32 Å². The number of pyridine rings is 1. The minimum absolute atomic E-state index is 0.188. The van der Waals surface area contributed by atoms with Gasteiger partial charge < -0.3 is 9.84 Å². The molecule has 33 heavy (non-hydrogen) atoms. The topological polar surface area (TPSA) is 107 Å². The molecule has 9 nitrogen and oxygen atoms in total. The van der Waals surface area contributed by atoms with Crippen LogP contribution in [0.4, 0.5) is 5.69 Å². The highest BCUT2D eigenvalue weighted by Gasteiger charge is 2.18. The number of nitrogens with one attached hydrogen (secondary N) is 1. The van der Waals surface area contributed by atoms with Crippen LogP contribution in [0.25, 0.3) is 28.5 Å². The van der Waals surface area contributed by atoms with Crippen LogP contribution in [0.2, 0.25) is 10.0 Å². The standard InChI is InChI=1S/C22H14Cl2N6O3/c23-14-5-3-13(4-6-14)19-26-21(33-28-19)17-2-1-11-29-20(17)27-30(22(29)32)12-18(31)25-16-9-7-15(24)8-10-16/h1-11H,12H2,(H,25,31). The smallest absolute Gasteiger partial charge is 0.333 e. The minimum atomic E-state index is -0.476. The number of benzene rings is 2. The van der Waals surface area contributed by atoms with Crippen LogP contribution in [-0.2, 0) is 11.3 Å². The molecule has 0 spiro atoms. The van der Waals surface area contributed by atoms with Gasteiger partial charge >= 0.3 is 5.69 Å². The van der Waals surface area contributed by atoms with Crippen molar-refractivity contribution in [3.63, 3.8) is 0 Å². The van der Waals surface area contributed by atoms with Gasteiger partial charge in [-0.2, -0.15) is 4.98 Å². The average Bonchev–Trinajstić information content (AvgIpc) is 3.41. The number of nitrogens with zero attached hydrogens (tertiary/aromatic N) is 5. The number of carbonyl (C=O) groups is 1. The van der Waals surface area contributed by atoms with Gasteiger partial charge in [0.25, 0.3) is 5.89 Å². The van der Waals surface area contributed by atoms with Crippen molar-refractivity contribution in [1.29, 1.82) is 0 Å². The first-order valence-electron chi connectivity index (χ1n) is 9.71. The second-order valence-electron chi connectivity index (χ2n) is 7.04. The van der Waals surface area contributed by atoms with Crippen LogP contribution >= 0.6 is 23.2 Å². The predicted octanol–water partition coefficient (Wildman–Crippen LogP) is 4.16. The van der Waals surface area contributed by atoms with E-state index >= 15 is 0 Å². The summed E-state index contributed by atoms with van der Waals surface area (Å²) in [6, 6.07) is 17.0. The van der Waals surface area contributed by atoms with Crippen molar-refractivity contribution in [3.05, 3.63) is 87.4 Å². The summed E-state index contributed by atoms with van der Waals surface area (Å²) in [7, 11) is 0. The van der Waals surface area contributed by atoms with Crippen molar-refractivity contribution in [3.8, 4) is 22.8 Å². The Labute approximate surface area is 196 Å². The zero-order valence-electron chi connectivity index (χ0n) is 16.8. The van der Waals surface area contributed by atoms with Crippen molar-refractivity contribution in [1.82, 2.24) is 24.3 Å². The van der Waals surface area contributed by atoms with Crippen LogP contribution in [0.3, 0.4) is 0 Å². The summed E-state index contributed by atoms with van der Waals surface area (Å²) in [6.45, 7) is -0.275. The van der Waals surface area contributed by atoms with Crippen LogP contribution in [0.5, 0.6) is 0 Å². The Morgan fingerprint density at radius 2 is 1.70 bits per heavy atom. The normalized spacial score (nSPS) is 11.1. The molecule has 1 amide bonds. The summed E-state index contributed by atoms with van der Waals surface area (Å²) in [4.78, 5) is 29.6. The van der Waals surface area contributed by atoms with Crippen molar-refractivity contribution in [2.45, 2.75) is 6.54 Å². The highest BCUT2D eigenvalue weighted by Crippen LogP contribution is 2.25. The highest BCUT2D eigenvalue weighted by molar-refractivity contribution is 6.30. The van der Waals surface area contributed by atoms with E-state index in [1.54, 1.807) is 66.9 Å². The third-order valence-electron chi connectivity index (χ3n) is 4.79. The van der Waals surface area contributed by atoms with Crippen LogP contribution in [-0.4, -0.2) is 30.2 Å². The molecule has 0 radical (unpaired) electrons. The highest BCUT2D eigenvalue weighted by atomic mass is 35.5. The van der Waals surface area contributed by atoms with Crippen molar-refractivity contribution < 1.29 is 9.32 Å². The van der Waals surface area contributed by atoms with E-state index in [1.165, 1.54) is 4.40 Å². The van der Waals surface area contributed by atoms with Gasteiger partial charge in [-0.15, -0.1) is 5.10 Å². The van der Waals surface area contributed by atoms with E-state index in [2.05, 4.69) is 20.6 Å². The van der Waals surface area contributed by atoms with Crippen molar-refractivity contribution >= 4 is 40.4 Å². The second kappa shape index (κ2) is 8.53. The molecular weight excluding hydrogens is 467 g/mol. The van der Waals surface area contributed by atoms with Gasteiger partial charge in [0, 0.05) is 27.5 Å². The fourth-order valence-electron chi connectivity index (χ4n) is 3.23. The van der Waals surface area contributed by atoms with Gasteiger partial charge in [-0.3, -0.25) is 4.79 Å². The number of amides is 1. The van der Waals surface area contributed by atoms with Gasteiger partial charge in [-0.05, 0) is 60.7 Å². The van der Waals surface area contributed by atoms with Gasteiger partial charge in [-0.1, -0.05) is 28.4 Å². The molecule has 3 aromatic heterocycles. The number of rotatable bonds is 5. The van der Waals surface area contributed by atoms with Gasteiger partial charge in [0.2, 0.25) is 11.7 Å². The molecule has 1 N–H and O–H groups in total. The summed E-state index contributed by atoms with van der Waals surface area (Å²) >= 11 is 11.8. The van der Waals surface area contributed by atoms with Gasteiger partial charge in [-0.25, -0.2) is 13.9 Å². The summed E-state index contributed by atoms with van der Waals surface area (Å²) in [5, 5.41) is 12.2. The number of anilines is 1. The lowest BCUT2D eigenvalue weighted by molar-refractivity contribution is -0.117. The number of hydrogen-bond donors (Lipinski definition) is 1. The zero-order valence-corrected chi connectivity index (χ0v) is 18.3. The number of aromatic nitrogens is 5. The molecule has 164 valence electrons. The quantitative estimate of drug-likeness (QED) is 0.404. The molecule has 3 heterocycles. The molecule has 0 atom stereocenters. The van der Waals surface area contributed by atoms with Crippen molar-refractivity contribution in [2.24, 2.45) is 0 Å². The average molecular weight is 481 g/mol. The molecular formula is C22H14Cl2N6O3. The first kappa shape index (κ1) is 20.9. The molecule has 0 saturated carbocycles. The van der Waals surface area contributed by atoms with Crippen LogP contribution in [0.1, 0.15) is 0 Å². The Morgan fingerprint density at radius 1 is 1.00 bits per heavy atom. The Morgan fingerprint density at radius 3 is 2.42 bits per heavy atom. The molecule has 0 aliphatic carbocycles. The van der Waals surface area contributed by atoms with Gasteiger partial charge in [0.1, 0.15) is 6.54 Å². The van der Waals surface area contributed by atoms with E-state index in [1.807, 2.05) is 0 Å². The maximum Gasteiger partial charge on any atom is 0.350 e. The Balaban J connectivity index is 1.44. The second-order valence-corrected chi connectivity index (χ2v) is 7.91. The van der Waals surface area contributed by atoms with Crippen LogP contribution in [0.15, 0.2) is 76.2 Å². The summed E-state index contributed by atoms with van der Waals surface area (Å²) in [5.41, 5.74) is 1.55. The van der Waals surface area contributed by atoms with E-state index < -0.39 is 11.6 Å². The lowest BCUT2D eigenvalue weighted by atomic mass is 10.2. The largest absolute Gasteiger partial charge is 0.350 e. The molecule has 0 unspecified atom stereocenters. The molecule has 11 heteroatoms. The predicted molar refractivity (Wildman–Crippen MR) is 123 cm³/mol. The number of halogens is 2. The summed E-state index contributed by atoms with van der Waals surface area (Å²) in [6.07, 6.45) is 1.55. The maximum atomic E-state index is 12.8. The lowest BCUT2D eigenvalue weighted by Gasteiger charge is -2.04. The SMILES string of the molecule is O=C(Cn1nc2c(-c3nc(-c4ccc(Cl)cc4)no3)cccn2c1=O)Nc1ccc(Cl)cc1. The molecule has 0 bridgehead atoms. The molecule has 0 aliphatic rings. The molecule has 2 aromatic carbocycles. The summed E-state index contributed by atoms with van der Waals surface area (Å²) in [5.74, 6) is 0.147. The third-order valence-corrected chi connectivity index (χ3v) is 5.29. The van der Waals surface area contributed by atoms with E-state index in [0.717, 1.165) is 10.2 Å². The maximum absolute atomic E-state index is 12.8. The number of hydrogen-bond acceptors (Lipinski definition) is 6. The van der Waals surface area contributed by atoms with Crippen LogP contribution in [0, 0.1) is 0 Å². The fourth-order valence-corrected chi connectivity index (χ4v) is 3.48. The third kappa shape index (κ3) is 4.23. The van der Waals surface area contributed by atoms with E-state index in [0.29, 0.717) is 27.1 Å². The zero-order chi connectivity index (χ0) is 22.9. The van der Waals surface area contributed by atoms with E-state index in [4.69, 9.17) is 27.7 Å². The Hall–Kier alpha value is -3.95. The Kier molecular flexibility index (Phi) is 5.41. The van der Waals surface area contributed by atoms with Crippen LogP contribution < -0.4 is 11.0 Å². The van der Waals surface area contributed by atoms with Gasteiger partial charge in [0.05, 0.1) is 5.56 Å². The fraction of sp³-hybridized carbons (Fsp3) is 0.0455. The molecule has 5 rings (SSSR count). The first-order valence-corrected chi connectivity index (χ1v) is 10.5. The van der Waals surface area contributed by atoms with E-state index in [9.17, 15) is 9.59 Å². The molecule has 0 aliphatic heterocycles. The minimum Gasteiger partial charge on any atom is -0.333 e. The molecule has 5 aromatic rings. The van der Waals surface area contributed by atoms with Gasteiger partial charge in [0.15, 0.2) is 5.65 Å². The first-order chi connectivity index (χ1) is 16.0. The lowest BCUT2D eigenvalue weighted by Crippen LogP contribution is -2.28. The Bertz CT molecular complexity index is 1520. The summed E-state index contributed by atoms with van der Waals surface area (Å²) < 4.78 is 7.80. The van der Waals surface area contributed by atoms with E-state index in [-0.39, 0.29) is 18.1 Å². The number of fused-ring (bicyclic) bond motifs is 1. The number of carbonyl (C=O) groups excluding carboxylic acids is 1. The monoisotopic (exact) mass is 480 g/mol.